The van der Waals surface area contributed by atoms with Gasteiger partial charge in [-0.15, -0.1) is 0 Å². The molecular weight excluding hydrogens is 488 g/mol. The number of carbonyl (C=O) groups excluding carboxylic acids is 3. The Kier molecular flexibility index (Phi) is 6.10. The van der Waals surface area contributed by atoms with Gasteiger partial charge in [0, 0.05) is 16.9 Å². The number of hydrogen-bond donors (Lipinski definition) is 0. The monoisotopic (exact) mass is 512 g/mol. The van der Waals surface area contributed by atoms with Crippen molar-refractivity contribution in [3.8, 4) is 11.5 Å². The maximum absolute atomic E-state index is 13.6. The number of amides is 3. The van der Waals surface area contributed by atoms with Gasteiger partial charge in [0.2, 0.25) is 18.6 Å². The van der Waals surface area contributed by atoms with Crippen LogP contribution in [0.25, 0.3) is 0 Å². The van der Waals surface area contributed by atoms with Gasteiger partial charge in [-0.3, -0.25) is 14.4 Å². The molecule has 2 aliphatic heterocycles. The summed E-state index contributed by atoms with van der Waals surface area (Å²) in [5, 5.41) is 0. The number of hydrogen-bond acceptors (Lipinski definition) is 5. The number of anilines is 1. The first kappa shape index (κ1) is 21.9. The normalized spacial score (nSPS) is 20.4. The van der Waals surface area contributed by atoms with E-state index in [1.54, 1.807) is 29.2 Å². The molecule has 1 saturated heterocycles. The first-order valence-corrected chi connectivity index (χ1v) is 12.1. The van der Waals surface area contributed by atoms with Gasteiger partial charge >= 0.3 is 0 Å². The van der Waals surface area contributed by atoms with E-state index in [9.17, 15) is 14.4 Å². The van der Waals surface area contributed by atoms with E-state index in [0.29, 0.717) is 17.2 Å². The average molecular weight is 513 g/mol. The molecule has 7 nitrogen and oxygen atoms in total. The molecule has 2 aromatic carbocycles. The van der Waals surface area contributed by atoms with Crippen molar-refractivity contribution in [2.45, 2.75) is 51.1 Å². The fourth-order valence-corrected chi connectivity index (χ4v) is 5.15. The Morgan fingerprint density at radius 3 is 2.48 bits per heavy atom. The van der Waals surface area contributed by atoms with E-state index in [2.05, 4.69) is 15.9 Å². The molecule has 172 valence electrons. The molecule has 0 N–H and O–H groups in total. The van der Waals surface area contributed by atoms with Crippen LogP contribution < -0.4 is 14.4 Å². The van der Waals surface area contributed by atoms with Crippen molar-refractivity contribution in [2.75, 3.05) is 11.7 Å². The topological polar surface area (TPSA) is 76.1 Å². The van der Waals surface area contributed by atoms with E-state index < -0.39 is 6.04 Å². The minimum atomic E-state index is -0.819. The molecule has 3 amide bonds. The molecule has 5 rings (SSSR count). The van der Waals surface area contributed by atoms with E-state index in [1.807, 2.05) is 18.2 Å². The van der Waals surface area contributed by atoms with Crippen molar-refractivity contribution < 1.29 is 23.9 Å². The molecule has 1 unspecified atom stereocenters. The van der Waals surface area contributed by atoms with Crippen LogP contribution in [0, 0.1) is 5.92 Å². The molecule has 33 heavy (non-hydrogen) atoms. The molecule has 3 aliphatic rings. The Balaban J connectivity index is 1.44. The van der Waals surface area contributed by atoms with Gasteiger partial charge < -0.3 is 14.4 Å². The zero-order chi connectivity index (χ0) is 22.9. The van der Waals surface area contributed by atoms with Crippen molar-refractivity contribution in [2.24, 2.45) is 5.92 Å². The van der Waals surface area contributed by atoms with E-state index >= 15 is 0 Å². The molecule has 2 fully saturated rings. The highest BCUT2D eigenvalue weighted by Crippen LogP contribution is 2.35. The average Bonchev–Trinajstić information content (AvgIpc) is 3.41. The quantitative estimate of drug-likeness (QED) is 0.554. The molecule has 0 bridgehead atoms. The van der Waals surface area contributed by atoms with Gasteiger partial charge in [0.05, 0.1) is 12.1 Å². The number of halogens is 1. The Labute approximate surface area is 200 Å². The van der Waals surface area contributed by atoms with Gasteiger partial charge in [0.1, 0.15) is 6.04 Å². The van der Waals surface area contributed by atoms with Crippen LogP contribution in [0.1, 0.15) is 44.1 Å². The molecule has 2 heterocycles. The maximum atomic E-state index is 13.6. The fourth-order valence-electron chi connectivity index (χ4n) is 4.88. The first-order valence-electron chi connectivity index (χ1n) is 11.3. The third-order valence-corrected chi connectivity index (χ3v) is 7.14. The van der Waals surface area contributed by atoms with Crippen molar-refractivity contribution >= 4 is 39.3 Å². The van der Waals surface area contributed by atoms with Gasteiger partial charge in [0.15, 0.2) is 11.5 Å². The SMILES string of the molecule is O=C1CC(N(Cc2ccc3c(c2)OCO3)C(=O)C2CCCCC2)C(=O)N1c1ccc(Br)cc1. The van der Waals surface area contributed by atoms with E-state index in [0.717, 1.165) is 42.1 Å². The van der Waals surface area contributed by atoms with Crippen LogP contribution in [0.2, 0.25) is 0 Å². The molecule has 0 aromatic heterocycles. The molecular formula is C25H25BrN2O5. The highest BCUT2D eigenvalue weighted by molar-refractivity contribution is 9.10. The molecule has 1 atom stereocenters. The zero-order valence-electron chi connectivity index (χ0n) is 18.2. The van der Waals surface area contributed by atoms with Crippen LogP contribution >= 0.6 is 15.9 Å². The Morgan fingerprint density at radius 1 is 1.00 bits per heavy atom. The van der Waals surface area contributed by atoms with Crippen LogP contribution in [0.5, 0.6) is 11.5 Å². The number of nitrogens with zero attached hydrogens (tertiary/aromatic N) is 2. The lowest BCUT2D eigenvalue weighted by Gasteiger charge is -2.32. The summed E-state index contributed by atoms with van der Waals surface area (Å²) >= 11 is 3.38. The highest BCUT2D eigenvalue weighted by Gasteiger charge is 2.45. The maximum Gasteiger partial charge on any atom is 0.257 e. The summed E-state index contributed by atoms with van der Waals surface area (Å²) in [6.07, 6.45) is 4.78. The van der Waals surface area contributed by atoms with Gasteiger partial charge in [0.25, 0.3) is 5.91 Å². The fraction of sp³-hybridized carbons (Fsp3) is 0.400. The summed E-state index contributed by atoms with van der Waals surface area (Å²) in [6.45, 7) is 0.408. The number of fused-ring (bicyclic) bond motifs is 1. The minimum absolute atomic E-state index is 0.0160. The summed E-state index contributed by atoms with van der Waals surface area (Å²) in [7, 11) is 0. The molecule has 0 radical (unpaired) electrons. The summed E-state index contributed by atoms with van der Waals surface area (Å²) in [5.41, 5.74) is 1.36. The summed E-state index contributed by atoms with van der Waals surface area (Å²) < 4.78 is 11.7. The summed E-state index contributed by atoms with van der Waals surface area (Å²) in [6, 6.07) is 11.8. The van der Waals surface area contributed by atoms with Crippen molar-refractivity contribution in [1.29, 1.82) is 0 Å². The van der Waals surface area contributed by atoms with Crippen molar-refractivity contribution in [3.05, 3.63) is 52.5 Å². The number of rotatable bonds is 5. The first-order chi connectivity index (χ1) is 16.0. The van der Waals surface area contributed by atoms with Gasteiger partial charge in [-0.1, -0.05) is 41.3 Å². The molecule has 1 saturated carbocycles. The van der Waals surface area contributed by atoms with Crippen LogP contribution in [-0.4, -0.2) is 35.5 Å². The Morgan fingerprint density at radius 2 is 1.73 bits per heavy atom. The molecule has 2 aromatic rings. The number of imide groups is 1. The zero-order valence-corrected chi connectivity index (χ0v) is 19.8. The smallest absolute Gasteiger partial charge is 0.257 e. The minimum Gasteiger partial charge on any atom is -0.454 e. The standard InChI is InChI=1S/C25H25BrN2O5/c26-18-7-9-19(10-8-18)28-23(29)13-20(25(28)31)27(24(30)17-4-2-1-3-5-17)14-16-6-11-21-22(12-16)33-15-32-21/h6-12,17,20H,1-5,13-15H2. The van der Waals surface area contributed by atoms with E-state index in [1.165, 1.54) is 4.90 Å². The van der Waals surface area contributed by atoms with Crippen molar-refractivity contribution in [3.63, 3.8) is 0 Å². The Hall–Kier alpha value is -2.87. The molecule has 0 spiro atoms. The van der Waals surface area contributed by atoms with Gasteiger partial charge in [-0.2, -0.15) is 0 Å². The summed E-state index contributed by atoms with van der Waals surface area (Å²) in [5.74, 6) is 0.487. The number of carbonyl (C=O) groups is 3. The third-order valence-electron chi connectivity index (χ3n) is 6.61. The van der Waals surface area contributed by atoms with E-state index in [4.69, 9.17) is 9.47 Å². The van der Waals surface area contributed by atoms with Crippen LogP contribution in [0.4, 0.5) is 5.69 Å². The van der Waals surface area contributed by atoms with Crippen LogP contribution in [0.15, 0.2) is 46.9 Å². The second kappa shape index (κ2) is 9.17. The number of ether oxygens (including phenoxy) is 2. The predicted octanol–water partition coefficient (Wildman–Crippen LogP) is 4.42. The predicted molar refractivity (Wildman–Crippen MR) is 125 cm³/mol. The third kappa shape index (κ3) is 4.36. The lowest BCUT2D eigenvalue weighted by molar-refractivity contribution is -0.143. The van der Waals surface area contributed by atoms with Gasteiger partial charge in [-0.05, 0) is 54.8 Å². The van der Waals surface area contributed by atoms with Crippen LogP contribution in [-0.2, 0) is 20.9 Å². The highest BCUT2D eigenvalue weighted by atomic mass is 79.9. The molecule has 1 aliphatic carbocycles. The lowest BCUT2D eigenvalue weighted by atomic mass is 9.87. The number of benzene rings is 2. The van der Waals surface area contributed by atoms with E-state index in [-0.39, 0.29) is 43.4 Å². The Bertz CT molecular complexity index is 1080. The van der Waals surface area contributed by atoms with Gasteiger partial charge in [-0.25, -0.2) is 4.90 Å². The second-order valence-corrected chi connectivity index (χ2v) is 9.67. The second-order valence-electron chi connectivity index (χ2n) is 8.75. The summed E-state index contributed by atoms with van der Waals surface area (Å²) in [4.78, 5) is 42.8. The van der Waals surface area contributed by atoms with Crippen molar-refractivity contribution in [1.82, 2.24) is 4.90 Å². The molecule has 8 heteroatoms. The largest absolute Gasteiger partial charge is 0.454 e. The lowest BCUT2D eigenvalue weighted by Crippen LogP contribution is -2.47. The van der Waals surface area contributed by atoms with Crippen LogP contribution in [0.3, 0.4) is 0 Å².